The number of Topliss-reactive ketones (excluding diaryl/α,β-unsaturated/α-hetero) is 1. The third-order valence-corrected chi connectivity index (χ3v) is 3.08. The van der Waals surface area contributed by atoms with Crippen LogP contribution in [-0.4, -0.2) is 31.4 Å². The zero-order chi connectivity index (χ0) is 16.0. The minimum Gasteiger partial charge on any atom is -0.490 e. The molecule has 0 N–H and O–H groups in total. The number of hydrogen-bond donors (Lipinski definition) is 0. The lowest BCUT2D eigenvalue weighted by atomic mass is 10.1. The fourth-order valence-corrected chi connectivity index (χ4v) is 1.78. The molecule has 1 rings (SSSR count). The molecule has 1 aromatic rings. The zero-order valence-electron chi connectivity index (χ0n) is 12.8. The summed E-state index contributed by atoms with van der Waals surface area (Å²) in [6.45, 7) is 8.98. The monoisotopic (exact) mass is 410 g/mol. The fraction of sp³-hybridized carbons (Fsp3) is 0.533. The molecule has 1 aromatic carbocycles. The summed E-state index contributed by atoms with van der Waals surface area (Å²) in [5, 5.41) is 0.312. The predicted molar refractivity (Wildman–Crippen MR) is 92.3 cm³/mol. The normalized spacial score (nSPS) is 8.75. The molecule has 0 heterocycles. The van der Waals surface area contributed by atoms with Crippen LogP contribution < -0.4 is 4.74 Å². The Hall–Kier alpha value is -0.390. The fourth-order valence-electron chi connectivity index (χ4n) is 1.10. The maximum absolute atomic E-state index is 11.5. The minimum absolute atomic E-state index is 0.0316. The molecule has 0 aromatic heterocycles. The summed E-state index contributed by atoms with van der Waals surface area (Å²) in [6.07, 6.45) is 0. The SMILES string of the molecule is CC.CC.COCCOc1cc(C(=O)CBr)ccc1Br. The Morgan fingerprint density at radius 3 is 2.25 bits per heavy atom. The van der Waals surface area contributed by atoms with Gasteiger partial charge in [-0.3, -0.25) is 4.79 Å². The van der Waals surface area contributed by atoms with Crippen LogP contribution in [0.1, 0.15) is 38.1 Å². The van der Waals surface area contributed by atoms with Gasteiger partial charge in [-0.1, -0.05) is 43.6 Å². The Morgan fingerprint density at radius 1 is 1.15 bits per heavy atom. The van der Waals surface area contributed by atoms with E-state index in [2.05, 4.69) is 31.9 Å². The van der Waals surface area contributed by atoms with E-state index in [1.54, 1.807) is 25.3 Å². The van der Waals surface area contributed by atoms with Gasteiger partial charge in [-0.25, -0.2) is 0 Å². The number of benzene rings is 1. The number of methoxy groups -OCH3 is 1. The van der Waals surface area contributed by atoms with E-state index in [0.29, 0.717) is 29.9 Å². The molecule has 3 nitrogen and oxygen atoms in total. The smallest absolute Gasteiger partial charge is 0.173 e. The van der Waals surface area contributed by atoms with Crippen LogP contribution in [0.15, 0.2) is 22.7 Å². The molecule has 0 saturated heterocycles. The van der Waals surface area contributed by atoms with Crippen molar-refractivity contribution >= 4 is 37.6 Å². The van der Waals surface area contributed by atoms with Gasteiger partial charge < -0.3 is 9.47 Å². The van der Waals surface area contributed by atoms with E-state index in [1.807, 2.05) is 27.7 Å². The van der Waals surface area contributed by atoms with Gasteiger partial charge >= 0.3 is 0 Å². The standard InChI is InChI=1S/C11H12Br2O3.2C2H6/c1-15-4-5-16-11-6-8(10(14)7-12)2-3-9(11)13;2*1-2/h2-3,6H,4-5,7H2,1H3;2*1-2H3. The first-order valence-electron chi connectivity index (χ1n) is 6.69. The van der Waals surface area contributed by atoms with Crippen LogP contribution in [0.5, 0.6) is 5.75 Å². The quantitative estimate of drug-likeness (QED) is 0.371. The number of alkyl halides is 1. The molecular formula is C15H24Br2O3. The average molecular weight is 412 g/mol. The Kier molecular flexibility index (Phi) is 16.4. The number of ether oxygens (including phenoxy) is 2. The number of hydrogen-bond acceptors (Lipinski definition) is 3. The maximum Gasteiger partial charge on any atom is 0.173 e. The van der Waals surface area contributed by atoms with Crippen molar-refractivity contribution in [3.05, 3.63) is 28.2 Å². The Labute approximate surface area is 139 Å². The molecule has 0 spiro atoms. The number of carbonyl (C=O) groups excluding carboxylic acids is 1. The maximum atomic E-state index is 11.5. The van der Waals surface area contributed by atoms with Crippen molar-refractivity contribution in [2.24, 2.45) is 0 Å². The molecule has 0 aliphatic heterocycles. The second-order valence-electron chi connectivity index (χ2n) is 3.04. The lowest BCUT2D eigenvalue weighted by molar-refractivity contribution is 0.102. The first kappa shape index (κ1) is 21.9. The number of ketones is 1. The molecule has 0 bridgehead atoms. The summed E-state index contributed by atoms with van der Waals surface area (Å²) in [5.74, 6) is 0.688. The lowest BCUT2D eigenvalue weighted by Crippen LogP contribution is -2.06. The third-order valence-electron chi connectivity index (χ3n) is 1.92. The van der Waals surface area contributed by atoms with Crippen LogP contribution in [0, 0.1) is 0 Å². The summed E-state index contributed by atoms with van der Waals surface area (Å²) in [7, 11) is 1.61. The highest BCUT2D eigenvalue weighted by Crippen LogP contribution is 2.26. The predicted octanol–water partition coefficient (Wildman–Crippen LogP) is 5.10. The van der Waals surface area contributed by atoms with Crippen LogP contribution in [0.2, 0.25) is 0 Å². The van der Waals surface area contributed by atoms with Crippen LogP contribution in [0.25, 0.3) is 0 Å². The highest BCUT2D eigenvalue weighted by Gasteiger charge is 2.08. The van der Waals surface area contributed by atoms with Gasteiger partial charge in [-0.05, 0) is 34.1 Å². The van der Waals surface area contributed by atoms with Gasteiger partial charge in [0.1, 0.15) is 12.4 Å². The molecule has 0 fully saturated rings. The summed E-state index contributed by atoms with van der Waals surface area (Å²) in [4.78, 5) is 11.5. The number of rotatable bonds is 6. The van der Waals surface area contributed by atoms with E-state index in [-0.39, 0.29) is 5.78 Å². The summed E-state index contributed by atoms with van der Waals surface area (Å²) < 4.78 is 11.2. The van der Waals surface area contributed by atoms with Gasteiger partial charge in [0, 0.05) is 12.7 Å². The molecule has 0 atom stereocenters. The second kappa shape index (κ2) is 15.0. The van der Waals surface area contributed by atoms with E-state index in [9.17, 15) is 4.79 Å². The second-order valence-corrected chi connectivity index (χ2v) is 4.46. The number of carbonyl (C=O) groups is 1. The van der Waals surface area contributed by atoms with Gasteiger partial charge in [0.05, 0.1) is 16.4 Å². The van der Waals surface area contributed by atoms with Crippen LogP contribution >= 0.6 is 31.9 Å². The first-order valence-corrected chi connectivity index (χ1v) is 8.61. The van der Waals surface area contributed by atoms with Gasteiger partial charge in [0.2, 0.25) is 0 Å². The average Bonchev–Trinajstić information content (AvgIpc) is 2.52. The lowest BCUT2D eigenvalue weighted by Gasteiger charge is -2.08. The summed E-state index contributed by atoms with van der Waals surface area (Å²) >= 11 is 6.50. The van der Waals surface area contributed by atoms with Crippen molar-refractivity contribution in [3.63, 3.8) is 0 Å². The topological polar surface area (TPSA) is 35.5 Å². The molecular weight excluding hydrogens is 388 g/mol. The van der Waals surface area contributed by atoms with Crippen molar-refractivity contribution in [2.45, 2.75) is 27.7 Å². The highest BCUT2D eigenvalue weighted by atomic mass is 79.9. The molecule has 20 heavy (non-hydrogen) atoms. The van der Waals surface area contributed by atoms with Crippen molar-refractivity contribution in [2.75, 3.05) is 25.7 Å². The molecule has 0 saturated carbocycles. The molecule has 0 aliphatic carbocycles. The van der Waals surface area contributed by atoms with Crippen LogP contribution in [-0.2, 0) is 4.74 Å². The van der Waals surface area contributed by atoms with Gasteiger partial charge in [0.15, 0.2) is 5.78 Å². The van der Waals surface area contributed by atoms with Gasteiger partial charge in [-0.15, -0.1) is 0 Å². The molecule has 116 valence electrons. The first-order chi connectivity index (χ1) is 9.69. The Bertz CT molecular complexity index is 368. The Balaban J connectivity index is 0. The van der Waals surface area contributed by atoms with Crippen LogP contribution in [0.4, 0.5) is 0 Å². The third kappa shape index (κ3) is 8.72. The van der Waals surface area contributed by atoms with E-state index < -0.39 is 0 Å². The molecule has 5 heteroatoms. The van der Waals surface area contributed by atoms with Crippen LogP contribution in [0.3, 0.4) is 0 Å². The van der Waals surface area contributed by atoms with Crippen molar-refractivity contribution < 1.29 is 14.3 Å². The molecule has 0 radical (unpaired) electrons. The Morgan fingerprint density at radius 2 is 1.75 bits per heavy atom. The van der Waals surface area contributed by atoms with E-state index in [4.69, 9.17) is 9.47 Å². The van der Waals surface area contributed by atoms with Crippen molar-refractivity contribution in [1.82, 2.24) is 0 Å². The van der Waals surface area contributed by atoms with E-state index >= 15 is 0 Å². The minimum atomic E-state index is 0.0316. The largest absolute Gasteiger partial charge is 0.490 e. The highest BCUT2D eigenvalue weighted by molar-refractivity contribution is 9.10. The molecule has 0 unspecified atom stereocenters. The summed E-state index contributed by atoms with van der Waals surface area (Å²) in [6, 6.07) is 5.29. The van der Waals surface area contributed by atoms with E-state index in [1.165, 1.54) is 0 Å². The number of halogens is 2. The molecule has 0 amide bonds. The van der Waals surface area contributed by atoms with Crippen molar-refractivity contribution in [1.29, 1.82) is 0 Å². The zero-order valence-corrected chi connectivity index (χ0v) is 16.0. The molecule has 0 aliphatic rings. The van der Waals surface area contributed by atoms with Crippen molar-refractivity contribution in [3.8, 4) is 5.75 Å². The van der Waals surface area contributed by atoms with E-state index in [0.717, 1.165) is 4.47 Å². The van der Waals surface area contributed by atoms with Gasteiger partial charge in [0.25, 0.3) is 0 Å². The van der Waals surface area contributed by atoms with Gasteiger partial charge in [-0.2, -0.15) is 0 Å². The summed E-state index contributed by atoms with van der Waals surface area (Å²) in [5.41, 5.74) is 0.632.